The minimum atomic E-state index is -4.86. The van der Waals surface area contributed by atoms with Gasteiger partial charge in [-0.3, -0.25) is 23.4 Å². The number of ether oxygens (including phenoxy) is 1. The predicted octanol–water partition coefficient (Wildman–Crippen LogP) is 2.72. The Morgan fingerprint density at radius 1 is 1.52 bits per heavy atom. The lowest BCUT2D eigenvalue weighted by Crippen LogP contribution is -2.33. The molecule has 4 atom stereocenters. The molecular weight excluding hydrogens is 384 g/mol. The maximum atomic E-state index is 14.0. The van der Waals surface area contributed by atoms with E-state index in [1.807, 2.05) is 0 Å². The first-order valence-corrected chi connectivity index (χ1v) is 9.52. The lowest BCUT2D eigenvalue weighted by Gasteiger charge is -2.23. The van der Waals surface area contributed by atoms with Gasteiger partial charge in [-0.25, -0.2) is 9.36 Å². The summed E-state index contributed by atoms with van der Waals surface area (Å²) in [7, 11) is -4.86. The van der Waals surface area contributed by atoms with E-state index in [0.29, 0.717) is 0 Å². The third kappa shape index (κ3) is 5.75. The van der Waals surface area contributed by atoms with Gasteiger partial charge in [0.25, 0.3) is 5.56 Å². The SMILES string of the molecule is Cc1cn([C@H]2C[C@H](N=[N+]=[N-])[C@@H](COP(=O)(F)OC(C)(C)C)O2)c(=O)[nH]c1=O. The van der Waals surface area contributed by atoms with Gasteiger partial charge in [-0.05, 0) is 33.2 Å². The molecule has 1 aliphatic heterocycles. The van der Waals surface area contributed by atoms with E-state index in [0.717, 1.165) is 4.57 Å². The third-order valence-corrected chi connectivity index (χ3v) is 4.86. The lowest BCUT2D eigenvalue weighted by atomic mass is 10.1. The smallest absolute Gasteiger partial charge is 0.352 e. The molecule has 0 aliphatic carbocycles. The number of hydrogen-bond donors (Lipinski definition) is 1. The van der Waals surface area contributed by atoms with Crippen molar-refractivity contribution in [3.05, 3.63) is 43.0 Å². The van der Waals surface area contributed by atoms with E-state index in [1.54, 1.807) is 0 Å². The van der Waals surface area contributed by atoms with Gasteiger partial charge in [0.2, 0.25) is 0 Å². The Morgan fingerprint density at radius 2 is 2.19 bits per heavy atom. The fraction of sp³-hybridized carbons (Fsp3) is 0.714. The molecule has 1 N–H and O–H groups in total. The molecule has 0 saturated carbocycles. The fourth-order valence-electron chi connectivity index (χ4n) is 2.54. The van der Waals surface area contributed by atoms with Crippen LogP contribution in [0.15, 0.2) is 20.9 Å². The summed E-state index contributed by atoms with van der Waals surface area (Å²) in [4.78, 5) is 28.3. The Morgan fingerprint density at radius 3 is 2.78 bits per heavy atom. The first-order chi connectivity index (χ1) is 12.4. The molecule has 2 heterocycles. The molecule has 0 spiro atoms. The molecule has 0 bridgehead atoms. The number of nitrogens with one attached hydrogen (secondary N) is 1. The quantitative estimate of drug-likeness (QED) is 0.333. The summed E-state index contributed by atoms with van der Waals surface area (Å²) in [6.45, 7) is 5.54. The van der Waals surface area contributed by atoms with Crippen molar-refractivity contribution in [1.82, 2.24) is 9.55 Å². The van der Waals surface area contributed by atoms with Crippen molar-refractivity contribution in [2.24, 2.45) is 5.11 Å². The van der Waals surface area contributed by atoms with Crippen LogP contribution in [0.1, 0.15) is 39.0 Å². The van der Waals surface area contributed by atoms with Gasteiger partial charge in [0.1, 0.15) is 6.23 Å². The van der Waals surface area contributed by atoms with Crippen molar-refractivity contribution in [2.45, 2.75) is 58.1 Å². The van der Waals surface area contributed by atoms with Gasteiger partial charge in [0.15, 0.2) is 0 Å². The monoisotopic (exact) mass is 405 g/mol. The van der Waals surface area contributed by atoms with Crippen LogP contribution in [-0.2, 0) is 18.3 Å². The van der Waals surface area contributed by atoms with Crippen molar-refractivity contribution in [1.29, 1.82) is 0 Å². The number of nitrogens with zero attached hydrogens (tertiary/aromatic N) is 4. The van der Waals surface area contributed by atoms with E-state index in [1.165, 1.54) is 33.9 Å². The van der Waals surface area contributed by atoms with Gasteiger partial charge in [0.05, 0.1) is 24.4 Å². The Hall–Kier alpha value is -1.97. The zero-order chi connectivity index (χ0) is 20.4. The molecule has 0 radical (unpaired) electrons. The second-order valence-corrected chi connectivity index (χ2v) is 8.35. The molecule has 1 aliphatic rings. The second kappa shape index (κ2) is 7.95. The van der Waals surface area contributed by atoms with E-state index < -0.39 is 49.7 Å². The summed E-state index contributed by atoms with van der Waals surface area (Å²) >= 11 is 0. The number of hydrogen-bond acceptors (Lipinski definition) is 7. The number of aromatic nitrogens is 2. The third-order valence-electron chi connectivity index (χ3n) is 3.64. The number of halogens is 1. The van der Waals surface area contributed by atoms with Crippen LogP contribution in [0.3, 0.4) is 0 Å². The molecule has 150 valence electrons. The van der Waals surface area contributed by atoms with Gasteiger partial charge < -0.3 is 4.74 Å². The molecule has 2 rings (SSSR count). The van der Waals surface area contributed by atoms with Crippen LogP contribution in [0.4, 0.5) is 4.20 Å². The molecule has 1 aromatic rings. The van der Waals surface area contributed by atoms with Crippen LogP contribution in [0.5, 0.6) is 0 Å². The van der Waals surface area contributed by atoms with E-state index in [4.69, 9.17) is 19.3 Å². The molecule has 1 unspecified atom stereocenters. The summed E-state index contributed by atoms with van der Waals surface area (Å²) in [5.74, 6) is 0. The van der Waals surface area contributed by atoms with Gasteiger partial charge in [-0.1, -0.05) is 5.11 Å². The zero-order valence-corrected chi connectivity index (χ0v) is 16.2. The highest BCUT2D eigenvalue weighted by molar-refractivity contribution is 7.48. The normalized spacial score (nSPS) is 25.0. The average Bonchev–Trinajstić information content (AvgIpc) is 2.90. The molecule has 1 saturated heterocycles. The highest BCUT2D eigenvalue weighted by Crippen LogP contribution is 2.53. The van der Waals surface area contributed by atoms with Gasteiger partial charge in [-0.2, -0.15) is 0 Å². The number of H-pyrrole nitrogens is 1. The molecular formula is C14H21FN5O6P. The molecule has 13 heteroatoms. The standard InChI is InChI=1S/C14H21FN5O6P/c1-8-6-20(13(22)17-12(8)21)11-5-9(18-19-16)10(25-11)7-24-27(15,23)26-14(2,3)4/h6,9-11H,5,7H2,1-4H3,(H,17,21,22)/t9-,10+,11+,27?/m0/s1. The van der Waals surface area contributed by atoms with Crippen molar-refractivity contribution in [2.75, 3.05) is 6.61 Å². The summed E-state index contributed by atoms with van der Waals surface area (Å²) in [6, 6.07) is -0.797. The van der Waals surface area contributed by atoms with E-state index in [-0.39, 0.29) is 12.0 Å². The minimum Gasteiger partial charge on any atom is -0.352 e. The number of aromatic amines is 1. The van der Waals surface area contributed by atoms with Crippen molar-refractivity contribution in [3.8, 4) is 0 Å². The van der Waals surface area contributed by atoms with Crippen molar-refractivity contribution in [3.63, 3.8) is 0 Å². The Kier molecular flexibility index (Phi) is 6.28. The first-order valence-electron chi connectivity index (χ1n) is 8.08. The molecule has 1 fully saturated rings. The average molecular weight is 405 g/mol. The van der Waals surface area contributed by atoms with Gasteiger partial charge >= 0.3 is 13.6 Å². The van der Waals surface area contributed by atoms with Crippen LogP contribution in [0.2, 0.25) is 0 Å². The highest BCUT2D eigenvalue weighted by atomic mass is 31.2. The van der Waals surface area contributed by atoms with Crippen molar-refractivity contribution >= 4 is 7.91 Å². The number of azide groups is 1. The van der Waals surface area contributed by atoms with Crippen LogP contribution >= 0.6 is 7.91 Å². The Labute approximate surface area is 153 Å². The molecule has 1 aromatic heterocycles. The maximum absolute atomic E-state index is 14.0. The second-order valence-electron chi connectivity index (χ2n) is 7.05. The lowest BCUT2D eigenvalue weighted by molar-refractivity contribution is -0.0305. The number of aryl methyl sites for hydroxylation is 1. The van der Waals surface area contributed by atoms with Crippen LogP contribution in [-0.4, -0.2) is 33.9 Å². The van der Waals surface area contributed by atoms with E-state index in [9.17, 15) is 18.4 Å². The van der Waals surface area contributed by atoms with Gasteiger partial charge in [-0.15, -0.1) is 4.20 Å². The molecule has 27 heavy (non-hydrogen) atoms. The van der Waals surface area contributed by atoms with Crippen LogP contribution in [0.25, 0.3) is 10.4 Å². The molecule has 11 nitrogen and oxygen atoms in total. The van der Waals surface area contributed by atoms with Crippen LogP contribution < -0.4 is 11.2 Å². The summed E-state index contributed by atoms with van der Waals surface area (Å²) < 4.78 is 42.0. The largest absolute Gasteiger partial charge is 0.513 e. The summed E-state index contributed by atoms with van der Waals surface area (Å²) in [5, 5.41) is 3.56. The first kappa shape index (κ1) is 21.3. The number of rotatable bonds is 6. The maximum Gasteiger partial charge on any atom is 0.513 e. The molecule has 0 amide bonds. The van der Waals surface area contributed by atoms with E-state index in [2.05, 4.69) is 15.0 Å². The molecule has 0 aromatic carbocycles. The predicted molar refractivity (Wildman–Crippen MR) is 93.0 cm³/mol. The Bertz CT molecular complexity index is 902. The Balaban J connectivity index is 2.17. The zero-order valence-electron chi connectivity index (χ0n) is 15.3. The highest BCUT2D eigenvalue weighted by Gasteiger charge is 2.39. The van der Waals surface area contributed by atoms with Gasteiger partial charge in [0, 0.05) is 23.1 Å². The van der Waals surface area contributed by atoms with E-state index >= 15 is 0 Å². The van der Waals surface area contributed by atoms with Crippen LogP contribution in [0, 0.1) is 6.92 Å². The minimum absolute atomic E-state index is 0.0835. The van der Waals surface area contributed by atoms with Crippen molar-refractivity contribution < 1.29 is 22.5 Å². The fourth-order valence-corrected chi connectivity index (χ4v) is 3.57. The summed E-state index contributed by atoms with van der Waals surface area (Å²) in [5.41, 5.74) is 6.72. The summed E-state index contributed by atoms with van der Waals surface area (Å²) in [6.07, 6.45) is -0.442. The topological polar surface area (TPSA) is 148 Å².